The molecule has 0 aromatic carbocycles. The normalized spacial score (nSPS) is 24.5. The van der Waals surface area contributed by atoms with Gasteiger partial charge in [-0.05, 0) is 51.7 Å². The van der Waals surface area contributed by atoms with Gasteiger partial charge in [0, 0.05) is 12.6 Å². The zero-order valence-corrected chi connectivity index (χ0v) is 11.6. The Morgan fingerprint density at radius 3 is 2.76 bits per heavy atom. The fraction of sp³-hybridized carbons (Fsp3) is 1.00. The van der Waals surface area contributed by atoms with Gasteiger partial charge in [0.1, 0.15) is 0 Å². The summed E-state index contributed by atoms with van der Waals surface area (Å²) in [5, 5.41) is 13.2. The molecular weight excluding hydrogens is 212 g/mol. The van der Waals surface area contributed by atoms with E-state index in [4.69, 9.17) is 0 Å². The highest BCUT2D eigenvalue weighted by Crippen LogP contribution is 2.11. The molecule has 0 spiro atoms. The summed E-state index contributed by atoms with van der Waals surface area (Å²) < 4.78 is 0. The monoisotopic (exact) mass is 242 g/mol. The van der Waals surface area contributed by atoms with Gasteiger partial charge in [0.2, 0.25) is 0 Å². The van der Waals surface area contributed by atoms with Crippen molar-refractivity contribution in [3.05, 3.63) is 0 Å². The van der Waals surface area contributed by atoms with Gasteiger partial charge < -0.3 is 15.3 Å². The summed E-state index contributed by atoms with van der Waals surface area (Å²) in [6.45, 7) is 8.86. The van der Waals surface area contributed by atoms with Crippen molar-refractivity contribution in [3.8, 4) is 0 Å². The lowest BCUT2D eigenvalue weighted by molar-refractivity contribution is 0.155. The molecule has 3 heteroatoms. The van der Waals surface area contributed by atoms with Crippen LogP contribution in [0, 0.1) is 0 Å². The van der Waals surface area contributed by atoms with E-state index in [1.807, 2.05) is 0 Å². The van der Waals surface area contributed by atoms with E-state index in [0.29, 0.717) is 6.04 Å². The number of hydrogen-bond donors (Lipinski definition) is 2. The molecule has 17 heavy (non-hydrogen) atoms. The molecule has 0 radical (unpaired) electrons. The van der Waals surface area contributed by atoms with E-state index in [2.05, 4.69) is 24.1 Å². The Kier molecular flexibility index (Phi) is 7.82. The maximum Gasteiger partial charge on any atom is 0.0664 e. The van der Waals surface area contributed by atoms with Gasteiger partial charge in [-0.15, -0.1) is 0 Å². The highest BCUT2D eigenvalue weighted by molar-refractivity contribution is 4.75. The molecule has 2 N–H and O–H groups in total. The zero-order valence-electron chi connectivity index (χ0n) is 11.6. The third kappa shape index (κ3) is 6.39. The van der Waals surface area contributed by atoms with Crippen LogP contribution < -0.4 is 5.32 Å². The predicted molar refractivity (Wildman–Crippen MR) is 73.3 cm³/mol. The van der Waals surface area contributed by atoms with Gasteiger partial charge in [0.25, 0.3) is 0 Å². The van der Waals surface area contributed by atoms with Gasteiger partial charge in [0.05, 0.1) is 6.10 Å². The molecule has 0 aromatic heterocycles. The number of hydrogen-bond acceptors (Lipinski definition) is 3. The molecule has 0 bridgehead atoms. The summed E-state index contributed by atoms with van der Waals surface area (Å²) in [6, 6.07) is 0.614. The van der Waals surface area contributed by atoms with Crippen LogP contribution in [-0.4, -0.2) is 48.3 Å². The number of nitrogens with one attached hydrogen (secondary N) is 1. The van der Waals surface area contributed by atoms with Crippen LogP contribution in [0.5, 0.6) is 0 Å². The van der Waals surface area contributed by atoms with Crippen LogP contribution in [0.4, 0.5) is 0 Å². The summed E-state index contributed by atoms with van der Waals surface area (Å²) in [5.41, 5.74) is 0. The lowest BCUT2D eigenvalue weighted by Gasteiger charge is -2.20. The van der Waals surface area contributed by atoms with E-state index >= 15 is 0 Å². The first-order valence-electron chi connectivity index (χ1n) is 7.40. The molecule has 2 unspecified atom stereocenters. The van der Waals surface area contributed by atoms with Crippen molar-refractivity contribution in [2.24, 2.45) is 0 Å². The first kappa shape index (κ1) is 14.9. The summed E-state index contributed by atoms with van der Waals surface area (Å²) in [7, 11) is 0. The van der Waals surface area contributed by atoms with Gasteiger partial charge in [-0.1, -0.05) is 20.3 Å². The standard InChI is InChI=1S/C14H30N2O/c1-3-6-14(17)12-15-13-7-5-10-16(9-4-2)11-8-13/h13-15,17H,3-12H2,1-2H3. The Balaban J connectivity index is 2.17. The van der Waals surface area contributed by atoms with Crippen LogP contribution >= 0.6 is 0 Å². The third-order valence-corrected chi connectivity index (χ3v) is 3.62. The lowest BCUT2D eigenvalue weighted by atomic mass is 10.1. The highest BCUT2D eigenvalue weighted by atomic mass is 16.3. The van der Waals surface area contributed by atoms with Gasteiger partial charge >= 0.3 is 0 Å². The number of likely N-dealkylation sites (tertiary alicyclic amines) is 1. The average Bonchev–Trinajstić information content (AvgIpc) is 2.53. The molecule has 1 fully saturated rings. The van der Waals surface area contributed by atoms with Crippen molar-refractivity contribution >= 4 is 0 Å². The molecule has 0 amide bonds. The van der Waals surface area contributed by atoms with E-state index in [1.165, 1.54) is 45.3 Å². The Bertz CT molecular complexity index is 187. The molecule has 2 atom stereocenters. The Morgan fingerprint density at radius 1 is 1.24 bits per heavy atom. The van der Waals surface area contributed by atoms with E-state index in [9.17, 15) is 5.11 Å². The van der Waals surface area contributed by atoms with Crippen molar-refractivity contribution in [1.82, 2.24) is 10.2 Å². The highest BCUT2D eigenvalue weighted by Gasteiger charge is 2.16. The second-order valence-electron chi connectivity index (χ2n) is 5.32. The SMILES string of the molecule is CCCC(O)CNC1CCCN(CCC)CC1. The van der Waals surface area contributed by atoms with Crippen LogP contribution in [0.3, 0.4) is 0 Å². The number of nitrogens with zero attached hydrogens (tertiary/aromatic N) is 1. The minimum Gasteiger partial charge on any atom is -0.392 e. The molecular formula is C14H30N2O. The molecule has 3 nitrogen and oxygen atoms in total. The van der Waals surface area contributed by atoms with Gasteiger partial charge in [-0.3, -0.25) is 0 Å². The van der Waals surface area contributed by atoms with Crippen LogP contribution in [0.1, 0.15) is 52.4 Å². The average molecular weight is 242 g/mol. The molecule has 0 aliphatic carbocycles. The van der Waals surface area contributed by atoms with Crippen LogP contribution in [0.15, 0.2) is 0 Å². The van der Waals surface area contributed by atoms with Crippen LogP contribution in [-0.2, 0) is 0 Å². The fourth-order valence-corrected chi connectivity index (χ4v) is 2.64. The smallest absolute Gasteiger partial charge is 0.0664 e. The van der Waals surface area contributed by atoms with Crippen molar-refractivity contribution < 1.29 is 5.11 Å². The Hall–Kier alpha value is -0.120. The molecule has 1 aliphatic heterocycles. The van der Waals surface area contributed by atoms with Crippen molar-refractivity contribution in [2.45, 2.75) is 64.5 Å². The van der Waals surface area contributed by atoms with Crippen LogP contribution in [0.2, 0.25) is 0 Å². The Morgan fingerprint density at radius 2 is 2.06 bits per heavy atom. The van der Waals surface area contributed by atoms with E-state index in [1.54, 1.807) is 0 Å². The summed E-state index contributed by atoms with van der Waals surface area (Å²) >= 11 is 0. The minimum absolute atomic E-state index is 0.157. The third-order valence-electron chi connectivity index (χ3n) is 3.62. The van der Waals surface area contributed by atoms with Crippen LogP contribution in [0.25, 0.3) is 0 Å². The molecule has 1 heterocycles. The first-order valence-corrected chi connectivity index (χ1v) is 7.40. The van der Waals surface area contributed by atoms with Crippen molar-refractivity contribution in [3.63, 3.8) is 0 Å². The largest absolute Gasteiger partial charge is 0.392 e. The zero-order chi connectivity index (χ0) is 12.5. The summed E-state index contributed by atoms with van der Waals surface area (Å²) in [5.74, 6) is 0. The van der Waals surface area contributed by atoms with E-state index < -0.39 is 0 Å². The predicted octanol–water partition coefficient (Wildman–Crippen LogP) is 2.00. The van der Waals surface area contributed by atoms with E-state index in [-0.39, 0.29) is 6.10 Å². The topological polar surface area (TPSA) is 35.5 Å². The first-order chi connectivity index (χ1) is 8.26. The maximum atomic E-state index is 9.71. The van der Waals surface area contributed by atoms with E-state index in [0.717, 1.165) is 19.4 Å². The molecule has 0 saturated carbocycles. The summed E-state index contributed by atoms with van der Waals surface area (Å²) in [4.78, 5) is 2.57. The lowest BCUT2D eigenvalue weighted by Crippen LogP contribution is -2.36. The molecule has 1 saturated heterocycles. The van der Waals surface area contributed by atoms with Crippen molar-refractivity contribution in [2.75, 3.05) is 26.2 Å². The minimum atomic E-state index is -0.157. The molecule has 0 aromatic rings. The van der Waals surface area contributed by atoms with Gasteiger partial charge in [0.15, 0.2) is 0 Å². The number of aliphatic hydroxyl groups is 1. The second kappa shape index (κ2) is 8.90. The van der Waals surface area contributed by atoms with Gasteiger partial charge in [-0.2, -0.15) is 0 Å². The molecule has 1 aliphatic rings. The number of aliphatic hydroxyl groups excluding tert-OH is 1. The Labute approximate surface area is 107 Å². The second-order valence-corrected chi connectivity index (χ2v) is 5.32. The van der Waals surface area contributed by atoms with Gasteiger partial charge in [-0.25, -0.2) is 0 Å². The maximum absolute atomic E-state index is 9.71. The fourth-order valence-electron chi connectivity index (χ4n) is 2.64. The quantitative estimate of drug-likeness (QED) is 0.717. The summed E-state index contributed by atoms with van der Waals surface area (Å²) in [6.07, 6.45) is 6.88. The van der Waals surface area contributed by atoms with Crippen molar-refractivity contribution in [1.29, 1.82) is 0 Å². The number of rotatable bonds is 7. The molecule has 102 valence electrons. The molecule has 1 rings (SSSR count).